The van der Waals surface area contributed by atoms with Crippen molar-refractivity contribution in [3.05, 3.63) is 60.7 Å². The second kappa shape index (κ2) is 8.21. The van der Waals surface area contributed by atoms with Crippen molar-refractivity contribution in [1.82, 2.24) is 4.90 Å². The molecule has 2 aromatic rings. The molecule has 0 aliphatic carbocycles. The fraction of sp³-hybridized carbons (Fsp3) is 0.368. The van der Waals surface area contributed by atoms with E-state index in [4.69, 9.17) is 0 Å². The van der Waals surface area contributed by atoms with Gasteiger partial charge in [0.1, 0.15) is 0 Å². The molecular formula is C19H25NP2. The van der Waals surface area contributed by atoms with Gasteiger partial charge in [0.25, 0.3) is 0 Å². The molecule has 1 aliphatic heterocycles. The lowest BCUT2D eigenvalue weighted by molar-refractivity contribution is 0.399. The molecule has 0 N–H and O–H groups in total. The summed E-state index contributed by atoms with van der Waals surface area (Å²) in [6, 6.07) is 22.0. The molecule has 116 valence electrons. The molecule has 4 atom stereocenters. The molecule has 1 nitrogen and oxygen atoms in total. The Kier molecular flexibility index (Phi) is 6.02. The molecular weight excluding hydrogens is 304 g/mol. The van der Waals surface area contributed by atoms with Gasteiger partial charge in [-0.2, -0.15) is 0 Å². The van der Waals surface area contributed by atoms with Crippen molar-refractivity contribution in [2.75, 3.05) is 32.5 Å². The van der Waals surface area contributed by atoms with Crippen molar-refractivity contribution in [2.24, 2.45) is 11.8 Å². The van der Waals surface area contributed by atoms with Crippen molar-refractivity contribution < 1.29 is 0 Å². The topological polar surface area (TPSA) is 3.24 Å². The fourth-order valence-electron chi connectivity index (χ4n) is 3.25. The van der Waals surface area contributed by atoms with E-state index in [2.05, 4.69) is 72.6 Å². The van der Waals surface area contributed by atoms with Gasteiger partial charge in [-0.1, -0.05) is 77.8 Å². The molecule has 3 heteroatoms. The number of hydrogen-bond acceptors (Lipinski definition) is 1. The summed E-state index contributed by atoms with van der Waals surface area (Å²) >= 11 is 0. The lowest BCUT2D eigenvalue weighted by Gasteiger charge is -2.18. The van der Waals surface area contributed by atoms with E-state index in [9.17, 15) is 0 Å². The third-order valence-corrected chi connectivity index (χ3v) is 7.38. The quantitative estimate of drug-likeness (QED) is 0.736. The van der Waals surface area contributed by atoms with Crippen LogP contribution in [0.1, 0.15) is 0 Å². The van der Waals surface area contributed by atoms with Crippen LogP contribution in [-0.2, 0) is 0 Å². The minimum absolute atomic E-state index is 0.875. The average molecular weight is 329 g/mol. The van der Waals surface area contributed by atoms with Crippen LogP contribution in [0.3, 0.4) is 0 Å². The molecule has 0 saturated carbocycles. The maximum absolute atomic E-state index is 2.53. The summed E-state index contributed by atoms with van der Waals surface area (Å²) in [5, 5.41) is 3.03. The van der Waals surface area contributed by atoms with Gasteiger partial charge in [0.05, 0.1) is 0 Å². The molecule has 1 saturated heterocycles. The summed E-state index contributed by atoms with van der Waals surface area (Å²) in [4.78, 5) is 2.53. The molecule has 1 heterocycles. The Bertz CT molecular complexity index is 507. The van der Waals surface area contributed by atoms with Gasteiger partial charge in [-0.15, -0.1) is 0 Å². The molecule has 0 radical (unpaired) electrons. The first-order chi connectivity index (χ1) is 10.8. The lowest BCUT2D eigenvalue weighted by Crippen LogP contribution is -2.18. The van der Waals surface area contributed by atoms with Crippen LogP contribution in [0.25, 0.3) is 0 Å². The molecule has 2 aromatic carbocycles. The molecule has 3 rings (SSSR count). The van der Waals surface area contributed by atoms with Crippen molar-refractivity contribution in [3.63, 3.8) is 0 Å². The zero-order chi connectivity index (χ0) is 15.2. The van der Waals surface area contributed by atoms with E-state index in [1.54, 1.807) is 0 Å². The van der Waals surface area contributed by atoms with Crippen molar-refractivity contribution >= 4 is 27.8 Å². The first-order valence-corrected chi connectivity index (χ1v) is 10.5. The number of hydrogen-bond donors (Lipinski definition) is 0. The normalized spacial score (nSPS) is 23.1. The molecule has 0 spiro atoms. The lowest BCUT2D eigenvalue weighted by atomic mass is 10.0. The largest absolute Gasteiger partial charge is 0.306 e. The molecule has 4 unspecified atom stereocenters. The summed E-state index contributed by atoms with van der Waals surface area (Å²) in [6.07, 6.45) is 2.72. The van der Waals surface area contributed by atoms with Gasteiger partial charge in [-0.3, -0.25) is 0 Å². The Labute approximate surface area is 138 Å². The van der Waals surface area contributed by atoms with E-state index in [0.717, 1.165) is 29.0 Å². The summed E-state index contributed by atoms with van der Waals surface area (Å²) in [6.45, 7) is 2.56. The minimum Gasteiger partial charge on any atom is -0.306 e. The number of benzene rings is 2. The van der Waals surface area contributed by atoms with Gasteiger partial charge in [0, 0.05) is 13.1 Å². The predicted octanol–water partition coefficient (Wildman–Crippen LogP) is 3.17. The first kappa shape index (κ1) is 16.1. The Morgan fingerprint density at radius 3 is 1.59 bits per heavy atom. The molecule has 0 aromatic heterocycles. The summed E-state index contributed by atoms with van der Waals surface area (Å²) in [5.41, 5.74) is 0. The van der Waals surface area contributed by atoms with Crippen LogP contribution in [0.2, 0.25) is 0 Å². The molecule has 1 fully saturated rings. The van der Waals surface area contributed by atoms with Crippen LogP contribution in [0, 0.1) is 11.8 Å². The monoisotopic (exact) mass is 329 g/mol. The summed E-state index contributed by atoms with van der Waals surface area (Å²) < 4.78 is 0. The SMILES string of the molecule is CN1CC(CPc2ccccc2)C(CPc2ccccc2)C1. The van der Waals surface area contributed by atoms with Gasteiger partial charge in [0.2, 0.25) is 0 Å². The third-order valence-electron chi connectivity index (χ3n) is 4.44. The average Bonchev–Trinajstić information content (AvgIpc) is 2.93. The smallest absolute Gasteiger partial charge is 0.00134 e. The number of rotatable bonds is 6. The van der Waals surface area contributed by atoms with Gasteiger partial charge in [-0.25, -0.2) is 0 Å². The highest BCUT2D eigenvalue weighted by molar-refractivity contribution is 7.47. The van der Waals surface area contributed by atoms with Crippen LogP contribution in [0.15, 0.2) is 60.7 Å². The maximum atomic E-state index is 2.53. The van der Waals surface area contributed by atoms with Crippen LogP contribution in [0.4, 0.5) is 0 Å². The van der Waals surface area contributed by atoms with E-state index in [1.165, 1.54) is 36.0 Å². The van der Waals surface area contributed by atoms with Crippen molar-refractivity contribution in [3.8, 4) is 0 Å². The molecule has 0 bridgehead atoms. The Balaban J connectivity index is 1.53. The van der Waals surface area contributed by atoms with Crippen molar-refractivity contribution in [1.29, 1.82) is 0 Å². The highest BCUT2D eigenvalue weighted by Crippen LogP contribution is 2.31. The molecule has 0 amide bonds. The number of nitrogens with zero attached hydrogens (tertiary/aromatic N) is 1. The number of likely N-dealkylation sites (tertiary alicyclic amines) is 1. The van der Waals surface area contributed by atoms with Gasteiger partial charge in [-0.05, 0) is 41.8 Å². The van der Waals surface area contributed by atoms with E-state index >= 15 is 0 Å². The zero-order valence-corrected chi connectivity index (χ0v) is 15.2. The zero-order valence-electron chi connectivity index (χ0n) is 13.2. The Hall–Kier alpha value is -0.740. The molecule has 22 heavy (non-hydrogen) atoms. The van der Waals surface area contributed by atoms with Crippen LogP contribution >= 0.6 is 17.2 Å². The van der Waals surface area contributed by atoms with Gasteiger partial charge < -0.3 is 4.90 Å². The minimum atomic E-state index is 0.875. The highest BCUT2D eigenvalue weighted by Gasteiger charge is 2.30. The van der Waals surface area contributed by atoms with Crippen molar-refractivity contribution in [2.45, 2.75) is 0 Å². The first-order valence-electron chi connectivity index (χ1n) is 8.07. The van der Waals surface area contributed by atoms with E-state index in [1.807, 2.05) is 0 Å². The van der Waals surface area contributed by atoms with Gasteiger partial charge >= 0.3 is 0 Å². The summed E-state index contributed by atoms with van der Waals surface area (Å²) in [5.74, 6) is 1.75. The molecule has 1 aliphatic rings. The van der Waals surface area contributed by atoms with E-state index < -0.39 is 0 Å². The fourth-order valence-corrected chi connectivity index (χ4v) is 6.02. The maximum Gasteiger partial charge on any atom is 0.00134 e. The second-order valence-electron chi connectivity index (χ2n) is 6.24. The van der Waals surface area contributed by atoms with Crippen LogP contribution < -0.4 is 10.6 Å². The summed E-state index contributed by atoms with van der Waals surface area (Å²) in [7, 11) is 4.20. The van der Waals surface area contributed by atoms with E-state index in [-0.39, 0.29) is 0 Å². The predicted molar refractivity (Wildman–Crippen MR) is 103 cm³/mol. The standard InChI is InChI=1S/C19H25NP2/c1-20-12-16(14-21-18-8-4-2-5-9-18)17(13-20)15-22-19-10-6-3-7-11-19/h2-11,16-17,21-22H,12-15H2,1H3. The van der Waals surface area contributed by atoms with Crippen LogP contribution in [-0.4, -0.2) is 37.4 Å². The Morgan fingerprint density at radius 1 is 0.773 bits per heavy atom. The van der Waals surface area contributed by atoms with Crippen LogP contribution in [0.5, 0.6) is 0 Å². The van der Waals surface area contributed by atoms with Gasteiger partial charge in [0.15, 0.2) is 0 Å². The third kappa shape index (κ3) is 4.63. The highest BCUT2D eigenvalue weighted by atomic mass is 31.1. The Morgan fingerprint density at radius 2 is 1.18 bits per heavy atom. The van der Waals surface area contributed by atoms with E-state index in [0.29, 0.717) is 0 Å². The second-order valence-corrected chi connectivity index (χ2v) is 8.91.